The van der Waals surface area contributed by atoms with Gasteiger partial charge in [0, 0.05) is 19.3 Å². The summed E-state index contributed by atoms with van der Waals surface area (Å²) in [6.07, 6.45) is -4.79. The van der Waals surface area contributed by atoms with Crippen LogP contribution in [0.2, 0.25) is 0 Å². The highest BCUT2D eigenvalue weighted by molar-refractivity contribution is 7.89. The Morgan fingerprint density at radius 1 is 1.42 bits per heavy atom. The number of nitrogens with zero attached hydrogens (tertiary/aromatic N) is 2. The maximum Gasteiger partial charge on any atom is 0.406 e. The molecule has 3 rings (SSSR count). The van der Waals surface area contributed by atoms with E-state index in [1.54, 1.807) is 11.4 Å². The normalized spacial score (nSPS) is 23.0. The number of thiophene rings is 1. The topological polar surface area (TPSA) is 87.6 Å². The average molecular weight is 380 g/mol. The highest BCUT2D eigenvalue weighted by atomic mass is 32.2. The van der Waals surface area contributed by atoms with Gasteiger partial charge >= 0.3 is 12.1 Å². The van der Waals surface area contributed by atoms with E-state index < -0.39 is 47.1 Å². The molecule has 130 valence electrons. The first-order valence-corrected chi connectivity index (χ1v) is 9.03. The first-order chi connectivity index (χ1) is 11.1. The zero-order chi connectivity index (χ0) is 17.8. The van der Waals surface area contributed by atoms with Crippen LogP contribution in [0, 0.1) is 5.41 Å². The summed E-state index contributed by atoms with van der Waals surface area (Å²) in [4.78, 5) is 14.9. The van der Waals surface area contributed by atoms with Crippen LogP contribution in [0.4, 0.5) is 13.2 Å². The molecule has 1 unspecified atom stereocenters. The fraction of sp³-hybridized carbons (Fsp3) is 0.385. The summed E-state index contributed by atoms with van der Waals surface area (Å²) < 4.78 is 65.8. The van der Waals surface area contributed by atoms with E-state index in [0.29, 0.717) is 14.5 Å². The Morgan fingerprint density at radius 3 is 2.71 bits per heavy atom. The number of pyridine rings is 1. The molecule has 3 heterocycles. The Kier molecular flexibility index (Phi) is 3.85. The zero-order valence-corrected chi connectivity index (χ0v) is 13.6. The molecule has 1 saturated heterocycles. The number of aliphatic carboxylic acids is 1. The lowest BCUT2D eigenvalue weighted by molar-refractivity contribution is -0.226. The monoisotopic (exact) mass is 380 g/mol. The second kappa shape index (κ2) is 5.39. The van der Waals surface area contributed by atoms with Crippen LogP contribution in [-0.2, 0) is 14.8 Å². The van der Waals surface area contributed by atoms with Gasteiger partial charge in [-0.2, -0.15) is 17.5 Å². The molecule has 0 bridgehead atoms. The molecule has 0 amide bonds. The number of aromatic nitrogens is 1. The number of rotatable bonds is 3. The van der Waals surface area contributed by atoms with Crippen LogP contribution in [0.5, 0.6) is 0 Å². The predicted octanol–water partition coefficient (Wildman–Crippen LogP) is 2.32. The van der Waals surface area contributed by atoms with Gasteiger partial charge in [-0.3, -0.25) is 9.78 Å². The number of halogens is 3. The Hall–Kier alpha value is -1.72. The quantitative estimate of drug-likeness (QED) is 0.883. The fourth-order valence-electron chi connectivity index (χ4n) is 2.63. The lowest BCUT2D eigenvalue weighted by Crippen LogP contribution is -2.47. The molecule has 0 aromatic carbocycles. The number of hydrogen-bond donors (Lipinski definition) is 1. The van der Waals surface area contributed by atoms with Gasteiger partial charge in [0.25, 0.3) is 0 Å². The van der Waals surface area contributed by atoms with Crippen LogP contribution in [0.3, 0.4) is 0 Å². The summed E-state index contributed by atoms with van der Waals surface area (Å²) in [6, 6.07) is 3.02. The Balaban J connectivity index is 1.98. The molecule has 11 heteroatoms. The zero-order valence-electron chi connectivity index (χ0n) is 11.9. The summed E-state index contributed by atoms with van der Waals surface area (Å²) in [7, 11) is -4.26. The van der Waals surface area contributed by atoms with E-state index in [1.165, 1.54) is 17.4 Å². The van der Waals surface area contributed by atoms with Crippen LogP contribution < -0.4 is 0 Å². The lowest BCUT2D eigenvalue weighted by Gasteiger charge is -2.27. The van der Waals surface area contributed by atoms with E-state index in [-0.39, 0.29) is 4.90 Å². The van der Waals surface area contributed by atoms with Crippen molar-refractivity contribution in [2.45, 2.75) is 17.5 Å². The van der Waals surface area contributed by atoms with Crippen LogP contribution in [0.15, 0.2) is 28.6 Å². The van der Waals surface area contributed by atoms with Crippen molar-refractivity contribution in [1.82, 2.24) is 9.29 Å². The SMILES string of the molecule is O=C(O)C1(C(F)(F)F)CCN(S(=O)(=O)c2cnc3ccsc3c2)C1. The standard InChI is InChI=1S/C13H11F3N2O4S2/c14-13(15,16)12(11(19)20)2-3-18(7-12)24(21,22)8-5-10-9(17-6-8)1-4-23-10/h1,4-6H,2-3,7H2,(H,19,20). The number of hydrogen-bond acceptors (Lipinski definition) is 5. The van der Waals surface area contributed by atoms with Crippen LogP contribution in [0.25, 0.3) is 10.2 Å². The molecular weight excluding hydrogens is 369 g/mol. The molecule has 1 N–H and O–H groups in total. The number of fused-ring (bicyclic) bond motifs is 1. The molecule has 6 nitrogen and oxygen atoms in total. The van der Waals surface area contributed by atoms with Gasteiger partial charge in [0.15, 0.2) is 5.41 Å². The van der Waals surface area contributed by atoms with Crippen molar-refractivity contribution in [2.24, 2.45) is 5.41 Å². The maximum atomic E-state index is 13.2. The van der Waals surface area contributed by atoms with Gasteiger partial charge in [-0.15, -0.1) is 11.3 Å². The average Bonchev–Trinajstić information content (AvgIpc) is 3.13. The van der Waals surface area contributed by atoms with Crippen LogP contribution in [0.1, 0.15) is 6.42 Å². The van der Waals surface area contributed by atoms with Crippen molar-refractivity contribution >= 4 is 37.5 Å². The molecule has 0 aliphatic carbocycles. The summed E-state index contributed by atoms with van der Waals surface area (Å²) in [6.45, 7) is -1.66. The molecule has 0 saturated carbocycles. The van der Waals surface area contributed by atoms with E-state index in [2.05, 4.69) is 4.98 Å². The summed E-state index contributed by atoms with van der Waals surface area (Å²) in [5.41, 5.74) is -2.50. The van der Waals surface area contributed by atoms with Crippen LogP contribution in [-0.4, -0.2) is 48.0 Å². The molecule has 1 atom stereocenters. The molecule has 1 fully saturated rings. The highest BCUT2D eigenvalue weighted by Crippen LogP contribution is 2.47. The molecule has 24 heavy (non-hydrogen) atoms. The molecule has 1 aliphatic rings. The second-order valence-electron chi connectivity index (χ2n) is 5.45. The molecule has 0 radical (unpaired) electrons. The van der Waals surface area contributed by atoms with E-state index in [1.807, 2.05) is 0 Å². The third kappa shape index (κ3) is 2.47. The highest BCUT2D eigenvalue weighted by Gasteiger charge is 2.65. The van der Waals surface area contributed by atoms with E-state index in [4.69, 9.17) is 5.11 Å². The van der Waals surface area contributed by atoms with Gasteiger partial charge in [0.05, 0.1) is 10.2 Å². The lowest BCUT2D eigenvalue weighted by atomic mass is 9.86. The minimum Gasteiger partial charge on any atom is -0.481 e. The van der Waals surface area contributed by atoms with E-state index >= 15 is 0 Å². The van der Waals surface area contributed by atoms with Crippen molar-refractivity contribution in [2.75, 3.05) is 13.1 Å². The number of carboxylic acids is 1. The smallest absolute Gasteiger partial charge is 0.406 e. The van der Waals surface area contributed by atoms with Crippen molar-refractivity contribution in [3.63, 3.8) is 0 Å². The molecule has 2 aromatic rings. The number of carbonyl (C=O) groups is 1. The number of carboxylic acid groups (broad SMARTS) is 1. The minimum atomic E-state index is -5.04. The summed E-state index contributed by atoms with van der Waals surface area (Å²) in [5, 5.41) is 10.7. The van der Waals surface area contributed by atoms with E-state index in [0.717, 1.165) is 6.20 Å². The molecule has 0 spiro atoms. The third-order valence-electron chi connectivity index (χ3n) is 4.10. The van der Waals surface area contributed by atoms with Gasteiger partial charge in [-0.05, 0) is 23.9 Å². The molecule has 1 aliphatic heterocycles. The first-order valence-electron chi connectivity index (χ1n) is 6.71. The van der Waals surface area contributed by atoms with Gasteiger partial charge in [0.1, 0.15) is 4.90 Å². The van der Waals surface area contributed by atoms with Gasteiger partial charge in [0.2, 0.25) is 10.0 Å². The number of sulfonamides is 1. The summed E-state index contributed by atoms with van der Waals surface area (Å²) >= 11 is 1.25. The minimum absolute atomic E-state index is 0.249. The van der Waals surface area contributed by atoms with Crippen molar-refractivity contribution < 1.29 is 31.5 Å². The Bertz CT molecular complexity index is 909. The predicted molar refractivity (Wildman–Crippen MR) is 79.1 cm³/mol. The van der Waals surface area contributed by atoms with E-state index in [9.17, 15) is 26.4 Å². The molecular formula is C13H11F3N2O4S2. The largest absolute Gasteiger partial charge is 0.481 e. The van der Waals surface area contributed by atoms with Gasteiger partial charge < -0.3 is 5.11 Å². The van der Waals surface area contributed by atoms with Crippen LogP contribution >= 0.6 is 11.3 Å². The maximum absolute atomic E-state index is 13.2. The second-order valence-corrected chi connectivity index (χ2v) is 8.33. The first kappa shape index (κ1) is 17.1. The molecule has 2 aromatic heterocycles. The Morgan fingerprint density at radius 2 is 2.12 bits per heavy atom. The number of alkyl halides is 3. The van der Waals surface area contributed by atoms with Gasteiger partial charge in [-0.25, -0.2) is 8.42 Å². The van der Waals surface area contributed by atoms with Crippen molar-refractivity contribution in [3.05, 3.63) is 23.7 Å². The Labute approximate surface area is 138 Å². The third-order valence-corrected chi connectivity index (χ3v) is 6.77. The van der Waals surface area contributed by atoms with Gasteiger partial charge in [-0.1, -0.05) is 0 Å². The van der Waals surface area contributed by atoms with Crippen molar-refractivity contribution in [3.8, 4) is 0 Å². The fourth-order valence-corrected chi connectivity index (χ4v) is 4.95. The summed E-state index contributed by atoms with van der Waals surface area (Å²) in [5.74, 6) is -2.07. The van der Waals surface area contributed by atoms with Crippen molar-refractivity contribution in [1.29, 1.82) is 0 Å².